The highest BCUT2D eigenvalue weighted by Gasteiger charge is 2.25. The molecule has 1 unspecified atom stereocenters. The third kappa shape index (κ3) is 3.53. The number of halogens is 2. The lowest BCUT2D eigenvalue weighted by Gasteiger charge is -2.21. The second-order valence-electron chi connectivity index (χ2n) is 7.19. The highest BCUT2D eigenvalue weighted by Crippen LogP contribution is 2.28. The van der Waals surface area contributed by atoms with E-state index in [2.05, 4.69) is 30.6 Å². The first-order valence-electron chi connectivity index (χ1n) is 9.99. The molecule has 0 saturated carbocycles. The molecule has 0 spiro atoms. The first-order valence-corrected chi connectivity index (χ1v) is 10.7. The maximum atomic E-state index is 13.5. The number of fused-ring (bicyclic) bond motifs is 2. The number of nitrogens with one attached hydrogen (secondary N) is 2. The van der Waals surface area contributed by atoms with Gasteiger partial charge in [0, 0.05) is 18.5 Å². The summed E-state index contributed by atoms with van der Waals surface area (Å²) in [6.45, 7) is 1.87. The second kappa shape index (κ2) is 8.30. The first kappa shape index (κ1) is 21.1. The molecule has 166 valence electrons. The lowest BCUT2D eigenvalue weighted by atomic mass is 10.1. The molecular formula is C21H16Cl2N8O2. The Bertz CT molecular complexity index is 1560. The summed E-state index contributed by atoms with van der Waals surface area (Å²) >= 11 is 12.7. The number of aromatic nitrogens is 7. The minimum absolute atomic E-state index is 0.176. The van der Waals surface area contributed by atoms with Gasteiger partial charge in [-0.05, 0) is 24.6 Å². The zero-order valence-electron chi connectivity index (χ0n) is 17.2. The molecule has 1 aromatic carbocycles. The topological polar surface area (TPSA) is 123 Å². The molecule has 33 heavy (non-hydrogen) atoms. The van der Waals surface area contributed by atoms with E-state index in [0.717, 1.165) is 0 Å². The van der Waals surface area contributed by atoms with Crippen LogP contribution in [0.5, 0.6) is 0 Å². The zero-order chi connectivity index (χ0) is 23.1. The fourth-order valence-electron chi connectivity index (χ4n) is 3.65. The number of aromatic amines is 1. The van der Waals surface area contributed by atoms with Crippen molar-refractivity contribution < 1.29 is 4.79 Å². The molecule has 5 rings (SSSR count). The van der Waals surface area contributed by atoms with Gasteiger partial charge in [-0.2, -0.15) is 10.2 Å². The van der Waals surface area contributed by atoms with Crippen LogP contribution in [-0.4, -0.2) is 40.3 Å². The summed E-state index contributed by atoms with van der Waals surface area (Å²) in [6, 6.07) is 5.82. The number of amides is 1. The molecule has 0 aliphatic carbocycles. The van der Waals surface area contributed by atoms with Crippen molar-refractivity contribution in [2.75, 3.05) is 0 Å². The van der Waals surface area contributed by atoms with Gasteiger partial charge in [0.2, 0.25) is 0 Å². The van der Waals surface area contributed by atoms with Crippen LogP contribution in [0.25, 0.3) is 22.4 Å². The van der Waals surface area contributed by atoms with E-state index in [9.17, 15) is 9.59 Å². The van der Waals surface area contributed by atoms with Gasteiger partial charge in [-0.3, -0.25) is 14.7 Å². The van der Waals surface area contributed by atoms with Gasteiger partial charge >= 0.3 is 0 Å². The number of hydrogen-bond acceptors (Lipinski definition) is 6. The summed E-state index contributed by atoms with van der Waals surface area (Å²) in [5.41, 5.74) is 0.533. The summed E-state index contributed by atoms with van der Waals surface area (Å²) in [5, 5.41) is 14.5. The van der Waals surface area contributed by atoms with Crippen molar-refractivity contribution in [1.82, 2.24) is 39.7 Å². The van der Waals surface area contributed by atoms with Gasteiger partial charge in [0.25, 0.3) is 11.5 Å². The molecule has 5 aromatic rings. The Kier molecular flexibility index (Phi) is 5.31. The van der Waals surface area contributed by atoms with E-state index >= 15 is 0 Å². The summed E-state index contributed by atoms with van der Waals surface area (Å²) in [4.78, 5) is 35.6. The van der Waals surface area contributed by atoms with Crippen molar-refractivity contribution in [3.63, 3.8) is 0 Å². The van der Waals surface area contributed by atoms with E-state index in [0.29, 0.717) is 23.4 Å². The number of benzene rings is 1. The quantitative estimate of drug-likeness (QED) is 0.395. The Morgan fingerprint density at radius 2 is 2.03 bits per heavy atom. The molecule has 10 nitrogen and oxygen atoms in total. The summed E-state index contributed by atoms with van der Waals surface area (Å²) in [5.74, 6) is 0.255. The summed E-state index contributed by atoms with van der Waals surface area (Å²) in [7, 11) is 0. The molecule has 2 N–H and O–H groups in total. The minimum atomic E-state index is -0.647. The highest BCUT2D eigenvalue weighted by molar-refractivity contribution is 6.39. The number of carbonyl (C=O) groups excluding carboxylic acids is 1. The smallest absolute Gasteiger partial charge is 0.268 e. The van der Waals surface area contributed by atoms with Crippen molar-refractivity contribution in [2.45, 2.75) is 19.4 Å². The average molecular weight is 483 g/mol. The van der Waals surface area contributed by atoms with Gasteiger partial charge in [0.05, 0.1) is 39.4 Å². The van der Waals surface area contributed by atoms with Crippen LogP contribution < -0.4 is 10.9 Å². The molecule has 0 fully saturated rings. The molecule has 1 amide bonds. The third-order valence-corrected chi connectivity index (χ3v) is 5.85. The number of nitrogens with zero attached hydrogens (tertiary/aromatic N) is 6. The number of rotatable bonds is 5. The minimum Gasteiger partial charge on any atom is -0.342 e. The van der Waals surface area contributed by atoms with E-state index in [1.54, 1.807) is 36.7 Å². The van der Waals surface area contributed by atoms with Gasteiger partial charge in [-0.25, -0.2) is 19.1 Å². The van der Waals surface area contributed by atoms with Crippen molar-refractivity contribution in [1.29, 1.82) is 0 Å². The molecule has 4 heterocycles. The van der Waals surface area contributed by atoms with Crippen LogP contribution in [0, 0.1) is 0 Å². The van der Waals surface area contributed by atoms with Crippen molar-refractivity contribution in [3.05, 3.63) is 80.8 Å². The maximum Gasteiger partial charge on any atom is 0.268 e. The summed E-state index contributed by atoms with van der Waals surface area (Å²) in [6.07, 6.45) is 6.67. The van der Waals surface area contributed by atoms with Crippen molar-refractivity contribution in [2.24, 2.45) is 0 Å². The Labute approximate surface area is 196 Å². The van der Waals surface area contributed by atoms with E-state index in [1.165, 1.54) is 21.5 Å². The van der Waals surface area contributed by atoms with Crippen molar-refractivity contribution in [3.8, 4) is 5.82 Å². The fourth-order valence-corrected chi connectivity index (χ4v) is 4.08. The van der Waals surface area contributed by atoms with Crippen LogP contribution in [0.15, 0.2) is 53.8 Å². The van der Waals surface area contributed by atoms with Gasteiger partial charge in [-0.15, -0.1) is 0 Å². The first-order chi connectivity index (χ1) is 16.0. The monoisotopic (exact) mass is 482 g/mol. The Morgan fingerprint density at radius 3 is 2.79 bits per heavy atom. The molecule has 4 aromatic heterocycles. The predicted octanol–water partition coefficient (Wildman–Crippen LogP) is 3.34. The highest BCUT2D eigenvalue weighted by atomic mass is 35.5. The Morgan fingerprint density at radius 1 is 1.21 bits per heavy atom. The molecule has 0 aliphatic rings. The Balaban J connectivity index is 1.67. The lowest BCUT2D eigenvalue weighted by molar-refractivity contribution is 0.0934. The predicted molar refractivity (Wildman–Crippen MR) is 123 cm³/mol. The average Bonchev–Trinajstić information content (AvgIpc) is 3.49. The van der Waals surface area contributed by atoms with E-state index in [1.807, 2.05) is 6.92 Å². The largest absolute Gasteiger partial charge is 0.342 e. The maximum absolute atomic E-state index is 13.5. The normalized spacial score (nSPS) is 12.3. The van der Waals surface area contributed by atoms with Crippen LogP contribution in [0.3, 0.4) is 0 Å². The standard InChI is InChI=1S/C21H16Cl2N8O2/c1-2-14(27-20(32)11-10-26-30-9-3-7-24-18(11)30)19-28-17-13(23)5-4-12(22)16(17)21(33)31(19)15-6-8-25-29-15/h3-10,14H,2H2,1H3,(H,25,29)(H,27,32). The SMILES string of the molecule is CCC(NC(=O)c1cnn2cccnc12)c1nc2c(Cl)ccc(Cl)c2c(=O)n1-c1ccn[nH]1. The number of carbonyl (C=O) groups is 1. The molecule has 0 radical (unpaired) electrons. The fraction of sp³-hybridized carbons (Fsp3) is 0.143. The van der Waals surface area contributed by atoms with Gasteiger partial charge in [-0.1, -0.05) is 30.1 Å². The second-order valence-corrected chi connectivity index (χ2v) is 8.00. The third-order valence-electron chi connectivity index (χ3n) is 5.23. The molecule has 12 heteroatoms. The molecule has 0 saturated heterocycles. The zero-order valence-corrected chi connectivity index (χ0v) is 18.7. The van der Waals surface area contributed by atoms with E-state index in [-0.39, 0.29) is 26.8 Å². The lowest BCUT2D eigenvalue weighted by Crippen LogP contribution is -2.34. The van der Waals surface area contributed by atoms with Crippen LogP contribution in [0.1, 0.15) is 35.6 Å². The van der Waals surface area contributed by atoms with Gasteiger partial charge in [0.1, 0.15) is 17.2 Å². The number of H-pyrrole nitrogens is 1. The van der Waals surface area contributed by atoms with Crippen molar-refractivity contribution >= 4 is 45.7 Å². The van der Waals surface area contributed by atoms with E-state index in [4.69, 9.17) is 23.2 Å². The molecular weight excluding hydrogens is 467 g/mol. The van der Waals surface area contributed by atoms with Crippen LogP contribution in [-0.2, 0) is 0 Å². The van der Waals surface area contributed by atoms with E-state index < -0.39 is 17.5 Å². The summed E-state index contributed by atoms with van der Waals surface area (Å²) < 4.78 is 2.85. The molecule has 0 bridgehead atoms. The van der Waals surface area contributed by atoms with Crippen LogP contribution in [0.2, 0.25) is 10.0 Å². The molecule has 0 aliphatic heterocycles. The number of hydrogen-bond donors (Lipinski definition) is 2. The molecule has 1 atom stereocenters. The van der Waals surface area contributed by atoms with Crippen LogP contribution in [0.4, 0.5) is 0 Å². The van der Waals surface area contributed by atoms with Crippen LogP contribution >= 0.6 is 23.2 Å². The Hall–Kier alpha value is -3.76. The van der Waals surface area contributed by atoms with Gasteiger partial charge < -0.3 is 5.32 Å². The van der Waals surface area contributed by atoms with Gasteiger partial charge in [0.15, 0.2) is 5.65 Å².